The summed E-state index contributed by atoms with van der Waals surface area (Å²) in [7, 11) is 1.93. The zero-order valence-corrected chi connectivity index (χ0v) is 15.8. The molecule has 2 aromatic heterocycles. The van der Waals surface area contributed by atoms with Crippen molar-refractivity contribution in [1.82, 2.24) is 19.3 Å². The topological polar surface area (TPSA) is 52.7 Å². The average Bonchev–Trinajstić information content (AvgIpc) is 3.13. The number of hydrogen-bond donors (Lipinski definition) is 0. The van der Waals surface area contributed by atoms with Crippen LogP contribution in [0.15, 0.2) is 41.6 Å². The standard InChI is InChI=1S/C19H22N4OS/c1-5-23-13(2)11-16(14(23)3)17(24)12-25-19-21-20-18(22(19)4)15-9-7-6-8-10-15/h6-11H,5,12H2,1-4H3. The van der Waals surface area contributed by atoms with Gasteiger partial charge in [-0.1, -0.05) is 42.1 Å². The highest BCUT2D eigenvalue weighted by Gasteiger charge is 2.17. The van der Waals surface area contributed by atoms with Crippen LogP contribution in [-0.2, 0) is 13.6 Å². The molecular formula is C19H22N4OS. The van der Waals surface area contributed by atoms with Gasteiger partial charge in [0.1, 0.15) is 0 Å². The number of nitrogens with zero attached hydrogens (tertiary/aromatic N) is 4. The molecule has 0 bridgehead atoms. The van der Waals surface area contributed by atoms with E-state index >= 15 is 0 Å². The van der Waals surface area contributed by atoms with Crippen molar-refractivity contribution < 1.29 is 4.79 Å². The van der Waals surface area contributed by atoms with Crippen LogP contribution in [0.2, 0.25) is 0 Å². The lowest BCUT2D eigenvalue weighted by atomic mass is 10.2. The molecule has 0 N–H and O–H groups in total. The normalized spacial score (nSPS) is 11.0. The molecule has 0 aliphatic carbocycles. The fourth-order valence-corrected chi connectivity index (χ4v) is 3.85. The number of carbonyl (C=O) groups excluding carboxylic acids is 1. The summed E-state index contributed by atoms with van der Waals surface area (Å²) < 4.78 is 4.09. The predicted molar refractivity (Wildman–Crippen MR) is 101 cm³/mol. The van der Waals surface area contributed by atoms with Crippen molar-refractivity contribution in [3.8, 4) is 11.4 Å². The van der Waals surface area contributed by atoms with Crippen LogP contribution in [0.4, 0.5) is 0 Å². The molecule has 1 aromatic carbocycles. The van der Waals surface area contributed by atoms with Gasteiger partial charge in [-0.25, -0.2) is 0 Å². The summed E-state index contributed by atoms with van der Waals surface area (Å²) in [5, 5.41) is 9.25. The number of hydrogen-bond acceptors (Lipinski definition) is 4. The van der Waals surface area contributed by atoms with Gasteiger partial charge in [0.05, 0.1) is 5.75 Å². The van der Waals surface area contributed by atoms with Crippen LogP contribution in [0.1, 0.15) is 28.7 Å². The third-order valence-electron chi connectivity index (χ3n) is 4.39. The number of aromatic nitrogens is 4. The van der Waals surface area contributed by atoms with E-state index < -0.39 is 0 Å². The molecule has 0 unspecified atom stereocenters. The van der Waals surface area contributed by atoms with Crippen molar-refractivity contribution in [3.63, 3.8) is 0 Å². The molecular weight excluding hydrogens is 332 g/mol. The molecule has 2 heterocycles. The maximum atomic E-state index is 12.6. The summed E-state index contributed by atoms with van der Waals surface area (Å²) in [5.74, 6) is 1.29. The summed E-state index contributed by atoms with van der Waals surface area (Å²) in [5.41, 5.74) is 3.98. The van der Waals surface area contributed by atoms with Crippen LogP contribution in [0.3, 0.4) is 0 Å². The number of rotatable bonds is 6. The van der Waals surface area contributed by atoms with Crippen molar-refractivity contribution in [3.05, 3.63) is 53.3 Å². The number of carbonyl (C=O) groups is 1. The summed E-state index contributed by atoms with van der Waals surface area (Å²) in [6, 6.07) is 11.9. The fourth-order valence-electron chi connectivity index (χ4n) is 3.06. The second-order valence-corrected chi connectivity index (χ2v) is 6.91. The number of aryl methyl sites for hydroxylation is 1. The van der Waals surface area contributed by atoms with Crippen LogP contribution in [0, 0.1) is 13.8 Å². The van der Waals surface area contributed by atoms with E-state index in [9.17, 15) is 4.79 Å². The van der Waals surface area contributed by atoms with Gasteiger partial charge in [-0.05, 0) is 26.8 Å². The number of Topliss-reactive ketones (excluding diaryl/α,β-unsaturated/α-hetero) is 1. The van der Waals surface area contributed by atoms with Gasteiger partial charge in [-0.2, -0.15) is 0 Å². The monoisotopic (exact) mass is 354 g/mol. The van der Waals surface area contributed by atoms with E-state index in [2.05, 4.69) is 21.7 Å². The fraction of sp³-hybridized carbons (Fsp3) is 0.316. The highest BCUT2D eigenvalue weighted by atomic mass is 32.2. The van der Waals surface area contributed by atoms with Crippen molar-refractivity contribution >= 4 is 17.5 Å². The van der Waals surface area contributed by atoms with E-state index in [-0.39, 0.29) is 5.78 Å². The van der Waals surface area contributed by atoms with Crippen molar-refractivity contribution in [2.75, 3.05) is 5.75 Å². The molecule has 6 heteroatoms. The number of ketones is 1. The quantitative estimate of drug-likeness (QED) is 0.498. The summed E-state index contributed by atoms with van der Waals surface area (Å²) in [6.07, 6.45) is 0. The Morgan fingerprint density at radius 1 is 1.16 bits per heavy atom. The smallest absolute Gasteiger partial charge is 0.191 e. The first-order chi connectivity index (χ1) is 12.0. The van der Waals surface area contributed by atoms with Gasteiger partial charge in [0.15, 0.2) is 16.8 Å². The highest BCUT2D eigenvalue weighted by molar-refractivity contribution is 7.99. The maximum Gasteiger partial charge on any atom is 0.191 e. The van der Waals surface area contributed by atoms with Crippen LogP contribution in [0.25, 0.3) is 11.4 Å². The predicted octanol–water partition coefficient (Wildman–Crippen LogP) is 3.90. The van der Waals surface area contributed by atoms with Crippen LogP contribution in [0.5, 0.6) is 0 Å². The molecule has 0 fully saturated rings. The lowest BCUT2D eigenvalue weighted by Crippen LogP contribution is -2.06. The van der Waals surface area contributed by atoms with Gasteiger partial charge in [0.2, 0.25) is 0 Å². The molecule has 0 aliphatic rings. The second-order valence-electron chi connectivity index (χ2n) is 5.97. The third-order valence-corrected chi connectivity index (χ3v) is 5.41. The average molecular weight is 354 g/mol. The minimum absolute atomic E-state index is 0.127. The lowest BCUT2D eigenvalue weighted by molar-refractivity contribution is 0.102. The molecule has 0 saturated carbocycles. The summed E-state index contributed by atoms with van der Waals surface area (Å²) in [6.45, 7) is 7.01. The highest BCUT2D eigenvalue weighted by Crippen LogP contribution is 2.24. The Morgan fingerprint density at radius 3 is 2.52 bits per heavy atom. The van der Waals surface area contributed by atoms with Gasteiger partial charge < -0.3 is 9.13 Å². The van der Waals surface area contributed by atoms with Gasteiger partial charge >= 0.3 is 0 Å². The molecule has 0 amide bonds. The zero-order valence-electron chi connectivity index (χ0n) is 15.0. The SMILES string of the molecule is CCn1c(C)cc(C(=O)CSc2nnc(-c3ccccc3)n2C)c1C. The Bertz CT molecular complexity index is 896. The Hall–Kier alpha value is -2.34. The van der Waals surface area contributed by atoms with Gasteiger partial charge in [0.25, 0.3) is 0 Å². The second kappa shape index (κ2) is 7.27. The van der Waals surface area contributed by atoms with Crippen molar-refractivity contribution in [1.29, 1.82) is 0 Å². The van der Waals surface area contributed by atoms with E-state index in [1.807, 2.05) is 61.9 Å². The van der Waals surface area contributed by atoms with E-state index in [0.29, 0.717) is 5.75 Å². The first-order valence-corrected chi connectivity index (χ1v) is 9.29. The minimum Gasteiger partial charge on any atom is -0.349 e. The van der Waals surface area contributed by atoms with Crippen LogP contribution >= 0.6 is 11.8 Å². The van der Waals surface area contributed by atoms with Crippen molar-refractivity contribution in [2.24, 2.45) is 7.05 Å². The molecule has 0 saturated heterocycles. The summed E-state index contributed by atoms with van der Waals surface area (Å²) in [4.78, 5) is 12.6. The van der Waals surface area contributed by atoms with Gasteiger partial charge in [0, 0.05) is 36.1 Å². The summed E-state index contributed by atoms with van der Waals surface area (Å²) >= 11 is 1.43. The van der Waals surface area contributed by atoms with Gasteiger partial charge in [-0.15, -0.1) is 10.2 Å². The van der Waals surface area contributed by atoms with E-state index in [4.69, 9.17) is 0 Å². The van der Waals surface area contributed by atoms with E-state index in [0.717, 1.165) is 40.0 Å². The lowest BCUT2D eigenvalue weighted by Gasteiger charge is -2.06. The van der Waals surface area contributed by atoms with Crippen molar-refractivity contribution in [2.45, 2.75) is 32.5 Å². The van der Waals surface area contributed by atoms with E-state index in [1.54, 1.807) is 0 Å². The largest absolute Gasteiger partial charge is 0.349 e. The first-order valence-electron chi connectivity index (χ1n) is 8.30. The number of thioether (sulfide) groups is 1. The Morgan fingerprint density at radius 2 is 1.88 bits per heavy atom. The molecule has 0 spiro atoms. The maximum absolute atomic E-state index is 12.6. The minimum atomic E-state index is 0.127. The Kier molecular flexibility index (Phi) is 5.08. The molecule has 0 atom stereocenters. The molecule has 3 aromatic rings. The number of benzene rings is 1. The molecule has 3 rings (SSSR count). The van der Waals surface area contributed by atoms with Crippen LogP contribution < -0.4 is 0 Å². The third kappa shape index (κ3) is 3.39. The molecule has 25 heavy (non-hydrogen) atoms. The molecule has 0 radical (unpaired) electrons. The van der Waals surface area contributed by atoms with E-state index in [1.165, 1.54) is 11.8 Å². The molecule has 130 valence electrons. The molecule has 0 aliphatic heterocycles. The Labute approximate surface area is 152 Å². The molecule has 5 nitrogen and oxygen atoms in total. The zero-order chi connectivity index (χ0) is 18.0. The first kappa shape index (κ1) is 17.5. The van der Waals surface area contributed by atoms with Gasteiger partial charge in [-0.3, -0.25) is 4.79 Å². The van der Waals surface area contributed by atoms with Crippen LogP contribution in [-0.4, -0.2) is 30.9 Å². The Balaban J connectivity index is 1.74.